The van der Waals surface area contributed by atoms with Gasteiger partial charge in [0.25, 0.3) is 0 Å². The number of aryl methyl sites for hydroxylation is 1. The first kappa shape index (κ1) is 10.1. The van der Waals surface area contributed by atoms with Gasteiger partial charge in [-0.1, -0.05) is 6.92 Å². The zero-order chi connectivity index (χ0) is 9.52. The summed E-state index contributed by atoms with van der Waals surface area (Å²) >= 11 is 0. The van der Waals surface area contributed by atoms with Crippen LogP contribution in [0.15, 0.2) is 17.2 Å². The van der Waals surface area contributed by atoms with Crippen LogP contribution in [0.5, 0.6) is 0 Å². The molecule has 0 aliphatic heterocycles. The minimum absolute atomic E-state index is 0.0458. The summed E-state index contributed by atoms with van der Waals surface area (Å²) in [5.74, 6) is 0. The van der Waals surface area contributed by atoms with Gasteiger partial charge in [0.15, 0.2) is 0 Å². The highest BCUT2D eigenvalue weighted by molar-refractivity contribution is 4.75. The summed E-state index contributed by atoms with van der Waals surface area (Å²) in [6.45, 7) is 4.34. The lowest BCUT2D eigenvalue weighted by atomic mass is 10.4. The Morgan fingerprint density at radius 1 is 1.54 bits per heavy atom. The van der Waals surface area contributed by atoms with Gasteiger partial charge in [-0.25, -0.2) is 4.79 Å². The second kappa shape index (κ2) is 5.59. The lowest BCUT2D eigenvalue weighted by Crippen LogP contribution is -2.17. The van der Waals surface area contributed by atoms with Crippen molar-refractivity contribution in [3.05, 3.63) is 22.9 Å². The van der Waals surface area contributed by atoms with E-state index >= 15 is 0 Å². The van der Waals surface area contributed by atoms with Gasteiger partial charge in [0.2, 0.25) is 0 Å². The Bertz CT molecular complexity index is 277. The number of imidazole rings is 1. The molecule has 74 valence electrons. The molecule has 0 radical (unpaired) electrons. The molecule has 0 saturated carbocycles. The van der Waals surface area contributed by atoms with E-state index in [4.69, 9.17) is 4.74 Å². The minimum atomic E-state index is -0.0458. The molecule has 13 heavy (non-hydrogen) atoms. The fraction of sp³-hybridized carbons (Fsp3) is 0.667. The van der Waals surface area contributed by atoms with Crippen molar-refractivity contribution in [1.29, 1.82) is 0 Å². The number of H-pyrrole nitrogens is 1. The van der Waals surface area contributed by atoms with Crippen molar-refractivity contribution < 1.29 is 4.74 Å². The number of rotatable bonds is 6. The van der Waals surface area contributed by atoms with E-state index in [1.807, 2.05) is 0 Å². The second-order valence-electron chi connectivity index (χ2n) is 2.92. The molecule has 1 rings (SSSR count). The molecule has 0 aliphatic rings. The lowest BCUT2D eigenvalue weighted by Gasteiger charge is -2.02. The van der Waals surface area contributed by atoms with Crippen molar-refractivity contribution in [2.24, 2.45) is 0 Å². The van der Waals surface area contributed by atoms with E-state index in [-0.39, 0.29) is 5.69 Å². The Morgan fingerprint density at radius 2 is 2.38 bits per heavy atom. The topological polar surface area (TPSA) is 47.0 Å². The number of nitrogens with one attached hydrogen (secondary N) is 1. The maximum absolute atomic E-state index is 11.0. The standard InChI is InChI=1S/C9H16N2O2/c1-2-7-13-8-3-5-11-6-4-10-9(11)12/h4,6H,2-3,5,7-8H2,1H3,(H,10,12). The lowest BCUT2D eigenvalue weighted by molar-refractivity contribution is 0.129. The number of aromatic amines is 1. The Kier molecular flexibility index (Phi) is 4.32. The molecule has 4 heteroatoms. The highest BCUT2D eigenvalue weighted by Crippen LogP contribution is 1.88. The Labute approximate surface area is 77.5 Å². The average Bonchev–Trinajstić information content (AvgIpc) is 2.52. The molecule has 1 heterocycles. The van der Waals surface area contributed by atoms with Crippen LogP contribution in [-0.4, -0.2) is 22.8 Å². The van der Waals surface area contributed by atoms with Crippen molar-refractivity contribution in [1.82, 2.24) is 9.55 Å². The van der Waals surface area contributed by atoms with Crippen LogP contribution in [-0.2, 0) is 11.3 Å². The van der Waals surface area contributed by atoms with E-state index in [1.165, 1.54) is 0 Å². The van der Waals surface area contributed by atoms with E-state index in [0.29, 0.717) is 0 Å². The third kappa shape index (κ3) is 3.46. The minimum Gasteiger partial charge on any atom is -0.381 e. The van der Waals surface area contributed by atoms with Crippen molar-refractivity contribution in [3.63, 3.8) is 0 Å². The van der Waals surface area contributed by atoms with E-state index in [0.717, 1.165) is 32.6 Å². The fourth-order valence-corrected chi connectivity index (χ4v) is 1.11. The molecule has 1 aromatic rings. The molecule has 0 fully saturated rings. The van der Waals surface area contributed by atoms with Crippen LogP contribution in [0.4, 0.5) is 0 Å². The van der Waals surface area contributed by atoms with Crippen LogP contribution >= 0.6 is 0 Å². The van der Waals surface area contributed by atoms with Crippen LogP contribution in [0.1, 0.15) is 19.8 Å². The number of nitrogens with zero attached hydrogens (tertiary/aromatic N) is 1. The van der Waals surface area contributed by atoms with E-state index in [9.17, 15) is 4.79 Å². The first-order valence-electron chi connectivity index (χ1n) is 4.66. The van der Waals surface area contributed by atoms with Crippen molar-refractivity contribution in [2.45, 2.75) is 26.3 Å². The molecule has 0 spiro atoms. The highest BCUT2D eigenvalue weighted by atomic mass is 16.5. The second-order valence-corrected chi connectivity index (χ2v) is 2.92. The van der Waals surface area contributed by atoms with Gasteiger partial charge in [-0.05, 0) is 12.8 Å². The monoisotopic (exact) mass is 184 g/mol. The molecule has 0 aromatic carbocycles. The maximum atomic E-state index is 11.0. The zero-order valence-corrected chi connectivity index (χ0v) is 7.95. The van der Waals surface area contributed by atoms with Gasteiger partial charge in [-0.2, -0.15) is 0 Å². The predicted molar refractivity (Wildman–Crippen MR) is 50.8 cm³/mol. The number of hydrogen-bond donors (Lipinski definition) is 1. The van der Waals surface area contributed by atoms with Gasteiger partial charge < -0.3 is 9.72 Å². The third-order valence-corrected chi connectivity index (χ3v) is 1.76. The smallest absolute Gasteiger partial charge is 0.325 e. The van der Waals surface area contributed by atoms with Crippen LogP contribution < -0.4 is 5.69 Å². The summed E-state index contributed by atoms with van der Waals surface area (Å²) in [5, 5.41) is 0. The van der Waals surface area contributed by atoms with Gasteiger partial charge in [-0.3, -0.25) is 4.57 Å². The Hall–Kier alpha value is -1.03. The van der Waals surface area contributed by atoms with E-state index < -0.39 is 0 Å². The van der Waals surface area contributed by atoms with Crippen LogP contribution in [0, 0.1) is 0 Å². The van der Waals surface area contributed by atoms with Crippen LogP contribution in [0.3, 0.4) is 0 Å². The highest BCUT2D eigenvalue weighted by Gasteiger charge is 1.94. The number of aromatic nitrogens is 2. The van der Waals surface area contributed by atoms with Crippen molar-refractivity contribution >= 4 is 0 Å². The molecule has 0 atom stereocenters. The predicted octanol–water partition coefficient (Wildman–Crippen LogP) is 0.993. The summed E-state index contributed by atoms with van der Waals surface area (Å²) in [6, 6.07) is 0. The largest absolute Gasteiger partial charge is 0.381 e. The van der Waals surface area contributed by atoms with Crippen molar-refractivity contribution in [3.8, 4) is 0 Å². The molecule has 0 unspecified atom stereocenters. The maximum Gasteiger partial charge on any atom is 0.325 e. The molecular formula is C9H16N2O2. The van der Waals surface area contributed by atoms with Gasteiger partial charge in [0.1, 0.15) is 0 Å². The number of hydrogen-bond acceptors (Lipinski definition) is 2. The van der Waals surface area contributed by atoms with Gasteiger partial charge in [0.05, 0.1) is 0 Å². The SMILES string of the molecule is CCCOCCCn1cc[nH]c1=O. The summed E-state index contributed by atoms with van der Waals surface area (Å²) in [5.41, 5.74) is -0.0458. The number of ether oxygens (including phenoxy) is 1. The van der Waals surface area contributed by atoms with Crippen LogP contribution in [0.2, 0.25) is 0 Å². The third-order valence-electron chi connectivity index (χ3n) is 1.76. The Morgan fingerprint density at radius 3 is 3.00 bits per heavy atom. The average molecular weight is 184 g/mol. The normalized spacial score (nSPS) is 10.5. The summed E-state index contributed by atoms with van der Waals surface area (Å²) in [4.78, 5) is 13.6. The van der Waals surface area contributed by atoms with E-state index in [2.05, 4.69) is 11.9 Å². The molecule has 0 bridgehead atoms. The molecular weight excluding hydrogens is 168 g/mol. The first-order chi connectivity index (χ1) is 6.34. The molecule has 0 aliphatic carbocycles. The molecule has 0 saturated heterocycles. The summed E-state index contributed by atoms with van der Waals surface area (Å²) in [6.07, 6.45) is 5.33. The molecule has 0 amide bonds. The quantitative estimate of drug-likeness (QED) is 0.670. The zero-order valence-electron chi connectivity index (χ0n) is 7.95. The van der Waals surface area contributed by atoms with Crippen LogP contribution in [0.25, 0.3) is 0 Å². The fourth-order valence-electron chi connectivity index (χ4n) is 1.11. The van der Waals surface area contributed by atoms with Crippen molar-refractivity contribution in [2.75, 3.05) is 13.2 Å². The van der Waals surface area contributed by atoms with Gasteiger partial charge in [0, 0.05) is 32.2 Å². The Balaban J connectivity index is 2.13. The van der Waals surface area contributed by atoms with Gasteiger partial charge in [-0.15, -0.1) is 0 Å². The van der Waals surface area contributed by atoms with Gasteiger partial charge >= 0.3 is 5.69 Å². The molecule has 1 N–H and O–H groups in total. The summed E-state index contributed by atoms with van der Waals surface area (Å²) < 4.78 is 6.94. The molecule has 1 aromatic heterocycles. The molecule has 4 nitrogen and oxygen atoms in total. The first-order valence-corrected chi connectivity index (χ1v) is 4.66. The summed E-state index contributed by atoms with van der Waals surface area (Å²) in [7, 11) is 0. The van der Waals surface area contributed by atoms with E-state index in [1.54, 1.807) is 17.0 Å².